The van der Waals surface area contributed by atoms with Gasteiger partial charge in [0.1, 0.15) is 5.75 Å². The number of aliphatic carboxylic acids is 1. The summed E-state index contributed by atoms with van der Waals surface area (Å²) in [7, 11) is 0. The standard InChI is InChI=1S/C15H17F3O4/c1-9-5-6-14(21,8-9)13-10(7-12(19)20)3-2-4-11(13)22-15(16,17)18/h2-4,9,21H,5-8H2,1H3,(H,19,20). The Balaban J connectivity index is 2.52. The van der Waals surface area contributed by atoms with E-state index in [1.807, 2.05) is 6.92 Å². The lowest BCUT2D eigenvalue weighted by atomic mass is 9.85. The molecule has 2 unspecified atom stereocenters. The molecular formula is C15H17F3O4. The normalized spacial score (nSPS) is 25.2. The number of rotatable bonds is 4. The fourth-order valence-corrected chi connectivity index (χ4v) is 3.12. The van der Waals surface area contributed by atoms with Crippen molar-refractivity contribution in [2.45, 2.75) is 44.6 Å². The number of aliphatic hydroxyl groups is 1. The predicted octanol–water partition coefficient (Wildman–Crippen LogP) is 3.22. The molecule has 0 heterocycles. The number of benzene rings is 1. The van der Waals surface area contributed by atoms with Crippen molar-refractivity contribution in [3.63, 3.8) is 0 Å². The minimum Gasteiger partial charge on any atom is -0.481 e. The zero-order chi connectivity index (χ0) is 16.5. The van der Waals surface area contributed by atoms with E-state index < -0.39 is 30.1 Å². The highest BCUT2D eigenvalue weighted by Crippen LogP contribution is 2.47. The number of carboxylic acids is 1. The Morgan fingerprint density at radius 2 is 2.14 bits per heavy atom. The zero-order valence-electron chi connectivity index (χ0n) is 12.0. The number of alkyl halides is 3. The van der Waals surface area contributed by atoms with Crippen molar-refractivity contribution in [1.29, 1.82) is 0 Å². The molecule has 22 heavy (non-hydrogen) atoms. The van der Waals surface area contributed by atoms with Gasteiger partial charge in [-0.2, -0.15) is 0 Å². The first-order valence-corrected chi connectivity index (χ1v) is 6.93. The largest absolute Gasteiger partial charge is 0.573 e. The van der Waals surface area contributed by atoms with Crippen LogP contribution in [-0.2, 0) is 16.8 Å². The van der Waals surface area contributed by atoms with Crippen LogP contribution in [0.1, 0.15) is 37.3 Å². The minimum absolute atomic E-state index is 0.0564. The Labute approximate surface area is 125 Å². The predicted molar refractivity (Wildman–Crippen MR) is 71.4 cm³/mol. The second-order valence-corrected chi connectivity index (χ2v) is 5.79. The Morgan fingerprint density at radius 3 is 2.64 bits per heavy atom. The van der Waals surface area contributed by atoms with Crippen LogP contribution in [0.3, 0.4) is 0 Å². The van der Waals surface area contributed by atoms with Gasteiger partial charge in [-0.3, -0.25) is 4.79 Å². The molecule has 1 aromatic rings. The average molecular weight is 318 g/mol. The minimum atomic E-state index is -4.91. The first kappa shape index (κ1) is 16.6. The first-order valence-electron chi connectivity index (χ1n) is 6.93. The first-order chi connectivity index (χ1) is 10.1. The third kappa shape index (κ3) is 3.71. The van der Waals surface area contributed by atoms with Crippen molar-refractivity contribution in [3.05, 3.63) is 29.3 Å². The van der Waals surface area contributed by atoms with E-state index in [1.54, 1.807) is 0 Å². The van der Waals surface area contributed by atoms with E-state index in [0.717, 1.165) is 6.07 Å². The molecule has 1 saturated carbocycles. The smallest absolute Gasteiger partial charge is 0.481 e. The van der Waals surface area contributed by atoms with E-state index in [1.165, 1.54) is 12.1 Å². The van der Waals surface area contributed by atoms with Crippen LogP contribution >= 0.6 is 0 Å². The molecule has 0 bridgehead atoms. The van der Waals surface area contributed by atoms with E-state index >= 15 is 0 Å². The van der Waals surface area contributed by atoms with Gasteiger partial charge in [-0.25, -0.2) is 0 Å². The third-order valence-electron chi connectivity index (χ3n) is 3.88. The summed E-state index contributed by atoms with van der Waals surface area (Å²) < 4.78 is 41.8. The lowest BCUT2D eigenvalue weighted by Crippen LogP contribution is -2.28. The molecule has 2 rings (SSSR count). The van der Waals surface area contributed by atoms with Gasteiger partial charge in [-0.15, -0.1) is 13.2 Å². The lowest BCUT2D eigenvalue weighted by Gasteiger charge is -2.28. The van der Waals surface area contributed by atoms with E-state index in [0.29, 0.717) is 6.42 Å². The van der Waals surface area contributed by atoms with Crippen molar-refractivity contribution in [1.82, 2.24) is 0 Å². The summed E-state index contributed by atoms with van der Waals surface area (Å²) in [4.78, 5) is 11.0. The van der Waals surface area contributed by atoms with Gasteiger partial charge in [0.05, 0.1) is 12.0 Å². The van der Waals surface area contributed by atoms with Crippen molar-refractivity contribution in [3.8, 4) is 5.75 Å². The molecule has 1 aliphatic rings. The van der Waals surface area contributed by atoms with Gasteiger partial charge < -0.3 is 14.9 Å². The highest BCUT2D eigenvalue weighted by molar-refractivity contribution is 5.71. The number of carbonyl (C=O) groups is 1. The quantitative estimate of drug-likeness (QED) is 0.894. The van der Waals surface area contributed by atoms with E-state index in [4.69, 9.17) is 5.11 Å². The Morgan fingerprint density at radius 1 is 1.45 bits per heavy atom. The molecule has 2 N–H and O–H groups in total. The number of hydrogen-bond donors (Lipinski definition) is 2. The van der Waals surface area contributed by atoms with E-state index in [2.05, 4.69) is 4.74 Å². The van der Waals surface area contributed by atoms with Crippen LogP contribution < -0.4 is 4.74 Å². The molecule has 2 atom stereocenters. The maximum Gasteiger partial charge on any atom is 0.573 e. The highest BCUT2D eigenvalue weighted by atomic mass is 19.4. The summed E-state index contributed by atoms with van der Waals surface area (Å²) in [6.45, 7) is 1.89. The summed E-state index contributed by atoms with van der Waals surface area (Å²) in [6.07, 6.45) is -4.17. The molecule has 0 amide bonds. The molecule has 0 saturated heterocycles. The van der Waals surface area contributed by atoms with Crippen molar-refractivity contribution in [2.24, 2.45) is 5.92 Å². The monoisotopic (exact) mass is 318 g/mol. The topological polar surface area (TPSA) is 66.8 Å². The van der Waals surface area contributed by atoms with Gasteiger partial charge in [-0.1, -0.05) is 19.1 Å². The fourth-order valence-electron chi connectivity index (χ4n) is 3.12. The van der Waals surface area contributed by atoms with Crippen LogP contribution in [0.2, 0.25) is 0 Å². The fraction of sp³-hybridized carbons (Fsp3) is 0.533. The van der Waals surface area contributed by atoms with Crippen LogP contribution in [0, 0.1) is 5.92 Å². The van der Waals surface area contributed by atoms with E-state index in [9.17, 15) is 23.1 Å². The summed E-state index contributed by atoms with van der Waals surface area (Å²) in [5, 5.41) is 19.7. The third-order valence-corrected chi connectivity index (χ3v) is 3.88. The maximum absolute atomic E-state index is 12.6. The molecule has 0 aliphatic heterocycles. The van der Waals surface area contributed by atoms with Crippen molar-refractivity contribution < 1.29 is 32.9 Å². The summed E-state index contributed by atoms with van der Waals surface area (Å²) in [6, 6.07) is 3.81. The van der Waals surface area contributed by atoms with Crippen LogP contribution in [-0.4, -0.2) is 22.5 Å². The SMILES string of the molecule is CC1CCC(O)(c2c(CC(=O)O)cccc2OC(F)(F)F)C1. The molecule has 1 fully saturated rings. The number of hydrogen-bond acceptors (Lipinski definition) is 3. The van der Waals surface area contributed by atoms with Gasteiger partial charge in [-0.05, 0) is 36.8 Å². The van der Waals surface area contributed by atoms with Crippen LogP contribution in [0.5, 0.6) is 5.75 Å². The van der Waals surface area contributed by atoms with Gasteiger partial charge in [0.15, 0.2) is 0 Å². The Hall–Kier alpha value is -1.76. The van der Waals surface area contributed by atoms with Crippen LogP contribution in [0.15, 0.2) is 18.2 Å². The van der Waals surface area contributed by atoms with E-state index in [-0.39, 0.29) is 29.9 Å². The lowest BCUT2D eigenvalue weighted by molar-refractivity contribution is -0.275. The van der Waals surface area contributed by atoms with Crippen molar-refractivity contribution >= 4 is 5.97 Å². The molecule has 1 aromatic carbocycles. The van der Waals surface area contributed by atoms with Gasteiger partial charge in [0.2, 0.25) is 0 Å². The second kappa shape index (κ2) is 5.79. The molecule has 0 aromatic heterocycles. The van der Waals surface area contributed by atoms with Gasteiger partial charge in [0, 0.05) is 5.56 Å². The average Bonchev–Trinajstić information content (AvgIpc) is 2.67. The summed E-state index contributed by atoms with van der Waals surface area (Å²) in [5.41, 5.74) is -1.41. The van der Waals surface area contributed by atoms with Crippen LogP contribution in [0.4, 0.5) is 13.2 Å². The molecular weight excluding hydrogens is 301 g/mol. The molecule has 7 heteroatoms. The molecule has 0 spiro atoms. The number of halogens is 3. The Kier molecular flexibility index (Phi) is 4.37. The molecule has 1 aliphatic carbocycles. The van der Waals surface area contributed by atoms with Gasteiger partial charge in [0.25, 0.3) is 0 Å². The van der Waals surface area contributed by atoms with Crippen molar-refractivity contribution in [2.75, 3.05) is 0 Å². The Bertz CT molecular complexity index is 570. The molecule has 122 valence electrons. The zero-order valence-corrected chi connectivity index (χ0v) is 12.0. The summed E-state index contributed by atoms with van der Waals surface area (Å²) in [5.74, 6) is -1.57. The van der Waals surface area contributed by atoms with Gasteiger partial charge >= 0.3 is 12.3 Å². The maximum atomic E-state index is 12.6. The molecule has 0 radical (unpaired) electrons. The highest BCUT2D eigenvalue weighted by Gasteiger charge is 2.43. The summed E-state index contributed by atoms with van der Waals surface area (Å²) >= 11 is 0. The number of carboxylic acid groups (broad SMARTS) is 1. The molecule has 4 nitrogen and oxygen atoms in total. The van der Waals surface area contributed by atoms with Crippen LogP contribution in [0.25, 0.3) is 0 Å². The number of ether oxygens (including phenoxy) is 1. The second-order valence-electron chi connectivity index (χ2n) is 5.79.